The smallest absolute Gasteiger partial charge is 0.283 e. The summed E-state index contributed by atoms with van der Waals surface area (Å²) in [6.45, 7) is -0.00444. The average Bonchev–Trinajstić information content (AvgIpc) is 2.65. The molecule has 0 bridgehead atoms. The van der Waals surface area contributed by atoms with Gasteiger partial charge in [0.1, 0.15) is 6.61 Å². The highest BCUT2D eigenvalue weighted by molar-refractivity contribution is 5.96. The summed E-state index contributed by atoms with van der Waals surface area (Å²) in [6, 6.07) is 12.0. The number of nitrogens with zero attached hydrogens (tertiary/aromatic N) is 1. The van der Waals surface area contributed by atoms with E-state index in [4.69, 9.17) is 9.47 Å². The zero-order valence-electron chi connectivity index (χ0n) is 12.8. The fourth-order valence-corrected chi connectivity index (χ4v) is 2.18. The van der Waals surface area contributed by atoms with Crippen molar-refractivity contribution >= 4 is 17.5 Å². The molecule has 2 N–H and O–H groups in total. The summed E-state index contributed by atoms with van der Waals surface area (Å²) in [5, 5.41) is 10.7. The second-order valence-electron chi connectivity index (χ2n) is 5.12. The molecule has 9 nitrogen and oxygen atoms in total. The van der Waals surface area contributed by atoms with Crippen molar-refractivity contribution in [2.24, 2.45) is 0 Å². The summed E-state index contributed by atoms with van der Waals surface area (Å²) >= 11 is 0. The van der Waals surface area contributed by atoms with Crippen LogP contribution in [0.2, 0.25) is 0 Å². The molecule has 3 rings (SSSR count). The van der Waals surface area contributed by atoms with Crippen LogP contribution in [-0.2, 0) is 4.79 Å². The van der Waals surface area contributed by atoms with E-state index >= 15 is 0 Å². The Morgan fingerprint density at radius 1 is 1.08 bits per heavy atom. The number of carbonyl (C=O) groups is 2. The fourth-order valence-electron chi connectivity index (χ4n) is 2.18. The van der Waals surface area contributed by atoms with E-state index in [2.05, 4.69) is 10.9 Å². The van der Waals surface area contributed by atoms with Gasteiger partial charge >= 0.3 is 0 Å². The van der Waals surface area contributed by atoms with Crippen molar-refractivity contribution in [2.75, 3.05) is 6.61 Å². The third kappa shape index (κ3) is 3.66. The molecule has 128 valence electrons. The van der Waals surface area contributed by atoms with Gasteiger partial charge < -0.3 is 9.47 Å². The molecule has 0 aliphatic carbocycles. The van der Waals surface area contributed by atoms with Gasteiger partial charge in [0.15, 0.2) is 11.5 Å². The summed E-state index contributed by atoms with van der Waals surface area (Å²) in [6.07, 6.45) is -0.930. The van der Waals surface area contributed by atoms with E-state index in [1.54, 1.807) is 24.3 Å². The van der Waals surface area contributed by atoms with E-state index in [0.29, 0.717) is 11.5 Å². The molecule has 1 heterocycles. The van der Waals surface area contributed by atoms with Crippen molar-refractivity contribution in [2.45, 2.75) is 6.10 Å². The number of hydrazine groups is 1. The molecule has 2 aromatic rings. The number of nitro benzene ring substituents is 1. The summed E-state index contributed by atoms with van der Waals surface area (Å²) in [7, 11) is 0. The summed E-state index contributed by atoms with van der Waals surface area (Å²) in [5.74, 6) is -0.325. The highest BCUT2D eigenvalue weighted by Gasteiger charge is 2.27. The number of fused-ring (bicyclic) bond motifs is 1. The van der Waals surface area contributed by atoms with E-state index < -0.39 is 22.8 Å². The van der Waals surface area contributed by atoms with E-state index in [1.807, 2.05) is 0 Å². The van der Waals surface area contributed by atoms with Crippen molar-refractivity contribution < 1.29 is 24.0 Å². The number of amides is 2. The van der Waals surface area contributed by atoms with Gasteiger partial charge in [-0.3, -0.25) is 30.6 Å². The van der Waals surface area contributed by atoms with Crippen LogP contribution in [0.1, 0.15) is 10.4 Å². The second kappa shape index (κ2) is 6.87. The van der Waals surface area contributed by atoms with Crippen LogP contribution in [0, 0.1) is 10.1 Å². The summed E-state index contributed by atoms with van der Waals surface area (Å²) < 4.78 is 10.9. The molecule has 0 saturated carbocycles. The Morgan fingerprint density at radius 3 is 2.60 bits per heavy atom. The van der Waals surface area contributed by atoms with Crippen LogP contribution < -0.4 is 20.3 Å². The first kappa shape index (κ1) is 16.2. The van der Waals surface area contributed by atoms with E-state index in [9.17, 15) is 19.7 Å². The Kier molecular flexibility index (Phi) is 4.46. The average molecular weight is 343 g/mol. The summed E-state index contributed by atoms with van der Waals surface area (Å²) in [5.41, 5.74) is 4.23. The van der Waals surface area contributed by atoms with E-state index in [0.717, 1.165) is 6.07 Å². The minimum absolute atomic E-state index is 0.00444. The Bertz CT molecular complexity index is 838. The number of ether oxygens (including phenoxy) is 2. The first-order valence-electron chi connectivity index (χ1n) is 7.28. The lowest BCUT2D eigenvalue weighted by atomic mass is 10.2. The Balaban J connectivity index is 1.58. The van der Waals surface area contributed by atoms with Gasteiger partial charge in [-0.05, 0) is 18.2 Å². The number of nitro groups is 1. The number of benzene rings is 2. The number of carbonyl (C=O) groups excluding carboxylic acids is 2. The number of non-ortho nitro benzene ring substituents is 1. The van der Waals surface area contributed by atoms with E-state index in [1.165, 1.54) is 18.2 Å². The molecule has 1 aliphatic rings. The predicted octanol–water partition coefficient (Wildman–Crippen LogP) is 1.20. The lowest BCUT2D eigenvalue weighted by Crippen LogP contribution is -2.50. The van der Waals surface area contributed by atoms with Crippen molar-refractivity contribution in [3.63, 3.8) is 0 Å². The van der Waals surface area contributed by atoms with Crippen LogP contribution in [0.3, 0.4) is 0 Å². The van der Waals surface area contributed by atoms with Gasteiger partial charge in [0, 0.05) is 17.7 Å². The zero-order chi connectivity index (χ0) is 17.8. The quantitative estimate of drug-likeness (QED) is 0.638. The van der Waals surface area contributed by atoms with Gasteiger partial charge in [-0.1, -0.05) is 18.2 Å². The van der Waals surface area contributed by atoms with Crippen LogP contribution in [0.15, 0.2) is 48.5 Å². The fraction of sp³-hybridized carbons (Fsp3) is 0.125. The van der Waals surface area contributed by atoms with Gasteiger partial charge in [-0.25, -0.2) is 0 Å². The third-order valence-electron chi connectivity index (χ3n) is 3.42. The first-order chi connectivity index (χ1) is 12.0. The molecule has 0 saturated heterocycles. The van der Waals surface area contributed by atoms with E-state index in [-0.39, 0.29) is 17.9 Å². The number of nitrogens with one attached hydrogen (secondary N) is 2. The minimum atomic E-state index is -0.930. The maximum atomic E-state index is 12.1. The zero-order valence-corrected chi connectivity index (χ0v) is 12.8. The monoisotopic (exact) mass is 343 g/mol. The number of hydrogen-bond acceptors (Lipinski definition) is 6. The first-order valence-corrected chi connectivity index (χ1v) is 7.28. The molecule has 0 radical (unpaired) electrons. The largest absolute Gasteiger partial charge is 0.485 e. The Morgan fingerprint density at radius 2 is 1.84 bits per heavy atom. The van der Waals surface area contributed by atoms with Gasteiger partial charge in [0.25, 0.3) is 17.5 Å². The second-order valence-corrected chi connectivity index (χ2v) is 5.12. The Hall–Kier alpha value is -3.62. The molecule has 25 heavy (non-hydrogen) atoms. The molecule has 1 aliphatic heterocycles. The molecule has 2 aromatic carbocycles. The van der Waals surface area contributed by atoms with Crippen LogP contribution >= 0.6 is 0 Å². The standard InChI is InChI=1S/C16H13N3O6/c20-15(10-4-3-5-11(8-10)19(22)23)17-18-16(21)14-9-24-12-6-1-2-7-13(12)25-14/h1-8,14H,9H2,(H,17,20)(H,18,21)/t14-/m1/s1. The van der Waals surface area contributed by atoms with Crippen LogP contribution in [-0.4, -0.2) is 29.4 Å². The van der Waals surface area contributed by atoms with Gasteiger partial charge in [-0.15, -0.1) is 0 Å². The van der Waals surface area contributed by atoms with Crippen molar-refractivity contribution in [1.29, 1.82) is 0 Å². The van der Waals surface area contributed by atoms with Gasteiger partial charge in [0.05, 0.1) is 4.92 Å². The lowest BCUT2D eigenvalue weighted by molar-refractivity contribution is -0.384. The van der Waals surface area contributed by atoms with Gasteiger partial charge in [0.2, 0.25) is 6.10 Å². The highest BCUT2D eigenvalue weighted by Crippen LogP contribution is 2.30. The number of hydrogen-bond donors (Lipinski definition) is 2. The van der Waals surface area contributed by atoms with Crippen LogP contribution in [0.4, 0.5) is 5.69 Å². The predicted molar refractivity (Wildman–Crippen MR) is 85.1 cm³/mol. The molecule has 2 amide bonds. The topological polar surface area (TPSA) is 120 Å². The lowest BCUT2D eigenvalue weighted by Gasteiger charge is -2.25. The Labute approximate surface area is 141 Å². The normalized spacial score (nSPS) is 15.1. The molecule has 1 atom stereocenters. The molecule has 9 heteroatoms. The van der Waals surface area contributed by atoms with Crippen molar-refractivity contribution in [3.8, 4) is 11.5 Å². The minimum Gasteiger partial charge on any atom is -0.485 e. The highest BCUT2D eigenvalue weighted by atomic mass is 16.6. The molecular formula is C16H13N3O6. The number of para-hydroxylation sites is 2. The number of rotatable bonds is 3. The third-order valence-corrected chi connectivity index (χ3v) is 3.42. The molecular weight excluding hydrogens is 330 g/mol. The molecule has 0 unspecified atom stereocenters. The molecule has 0 fully saturated rings. The molecule has 0 spiro atoms. The van der Waals surface area contributed by atoms with Gasteiger partial charge in [-0.2, -0.15) is 0 Å². The maximum Gasteiger partial charge on any atom is 0.283 e. The van der Waals surface area contributed by atoms with Crippen molar-refractivity contribution in [1.82, 2.24) is 10.9 Å². The van der Waals surface area contributed by atoms with Crippen molar-refractivity contribution in [3.05, 3.63) is 64.2 Å². The SMILES string of the molecule is O=C(NNC(=O)[C@H]1COc2ccccc2O1)c1cccc([N+](=O)[O-])c1. The maximum absolute atomic E-state index is 12.1. The van der Waals surface area contributed by atoms with Crippen LogP contribution in [0.25, 0.3) is 0 Å². The molecule has 0 aromatic heterocycles. The van der Waals surface area contributed by atoms with Crippen LogP contribution in [0.5, 0.6) is 11.5 Å². The summed E-state index contributed by atoms with van der Waals surface area (Å²) in [4.78, 5) is 34.2.